The first-order valence-corrected chi connectivity index (χ1v) is 11.6. The summed E-state index contributed by atoms with van der Waals surface area (Å²) >= 11 is 0. The van der Waals surface area contributed by atoms with Gasteiger partial charge in [0.25, 0.3) is 0 Å². The maximum absolute atomic E-state index is 12.4. The lowest BCUT2D eigenvalue weighted by Crippen LogP contribution is -2.31. The van der Waals surface area contributed by atoms with Crippen LogP contribution in [0.2, 0.25) is 0 Å². The Morgan fingerprint density at radius 1 is 1.09 bits per heavy atom. The molecule has 0 unspecified atom stereocenters. The molecule has 3 heterocycles. The second-order valence-corrected chi connectivity index (χ2v) is 9.11. The number of likely N-dealkylation sites (N-methyl/N-ethyl adjacent to an activating group) is 1. The summed E-state index contributed by atoms with van der Waals surface area (Å²) in [5.74, 6) is 1.13. The molecule has 0 saturated carbocycles. The minimum absolute atomic E-state index is 0.200. The van der Waals surface area contributed by atoms with E-state index in [0.29, 0.717) is 35.8 Å². The number of anilines is 1. The number of hydrogen-bond donors (Lipinski definition) is 2. The van der Waals surface area contributed by atoms with Crippen molar-refractivity contribution in [1.29, 1.82) is 0 Å². The molecule has 0 aliphatic carbocycles. The highest BCUT2D eigenvalue weighted by atomic mass is 32.2. The van der Waals surface area contributed by atoms with Crippen LogP contribution in [0, 0.1) is 0 Å². The topological polar surface area (TPSA) is 130 Å². The van der Waals surface area contributed by atoms with Gasteiger partial charge < -0.3 is 4.90 Å². The monoisotopic (exact) mass is 465 g/mol. The van der Waals surface area contributed by atoms with E-state index in [1.807, 2.05) is 37.2 Å². The zero-order chi connectivity index (χ0) is 23.3. The highest BCUT2D eigenvalue weighted by Crippen LogP contribution is 2.20. The Bertz CT molecular complexity index is 1350. The Kier molecular flexibility index (Phi) is 6.68. The summed E-state index contributed by atoms with van der Waals surface area (Å²) in [7, 11) is 0.220. The number of hydrogen-bond acceptors (Lipinski definition) is 9. The quantitative estimate of drug-likeness (QED) is 0.281. The van der Waals surface area contributed by atoms with Gasteiger partial charge >= 0.3 is 0 Å². The molecule has 0 radical (unpaired) electrons. The van der Waals surface area contributed by atoms with Crippen LogP contribution in [0.3, 0.4) is 0 Å². The molecule has 4 rings (SSSR count). The molecule has 1 aromatic carbocycles. The molecular formula is C21H23N9O2S. The Balaban J connectivity index is 1.45. The maximum Gasteiger partial charge on any atom is 0.240 e. The van der Waals surface area contributed by atoms with Crippen molar-refractivity contribution in [3.05, 3.63) is 66.7 Å². The third-order valence-electron chi connectivity index (χ3n) is 4.66. The molecule has 3 aromatic heterocycles. The van der Waals surface area contributed by atoms with Crippen molar-refractivity contribution in [1.82, 2.24) is 34.4 Å². The predicted molar refractivity (Wildman–Crippen MR) is 126 cm³/mol. The van der Waals surface area contributed by atoms with Crippen LogP contribution in [0.5, 0.6) is 0 Å². The van der Waals surface area contributed by atoms with Crippen molar-refractivity contribution in [3.63, 3.8) is 0 Å². The average molecular weight is 466 g/mol. The summed E-state index contributed by atoms with van der Waals surface area (Å²) in [6.45, 7) is 0.958. The lowest BCUT2D eigenvalue weighted by Gasteiger charge is -2.11. The summed E-state index contributed by atoms with van der Waals surface area (Å²) in [5, 5.41) is 9.25. The van der Waals surface area contributed by atoms with E-state index < -0.39 is 10.0 Å². The number of rotatable bonds is 9. The van der Waals surface area contributed by atoms with Crippen molar-refractivity contribution < 1.29 is 8.42 Å². The van der Waals surface area contributed by atoms with Gasteiger partial charge in [0.05, 0.1) is 22.7 Å². The van der Waals surface area contributed by atoms with Crippen LogP contribution in [0.1, 0.15) is 5.56 Å². The van der Waals surface area contributed by atoms with Gasteiger partial charge in [0.1, 0.15) is 6.33 Å². The molecule has 0 saturated heterocycles. The van der Waals surface area contributed by atoms with E-state index in [1.165, 1.54) is 6.33 Å². The molecule has 12 heteroatoms. The number of sulfonamides is 1. The molecule has 4 aromatic rings. The molecule has 2 N–H and O–H groups in total. The van der Waals surface area contributed by atoms with E-state index in [2.05, 4.69) is 35.3 Å². The van der Waals surface area contributed by atoms with Crippen LogP contribution in [0.15, 0.2) is 71.2 Å². The molecule has 11 nitrogen and oxygen atoms in total. The van der Waals surface area contributed by atoms with Crippen molar-refractivity contribution in [2.45, 2.75) is 4.90 Å². The van der Waals surface area contributed by atoms with Crippen LogP contribution in [0.4, 0.5) is 5.82 Å². The summed E-state index contributed by atoms with van der Waals surface area (Å²) in [6, 6.07) is 12.0. The number of fused-ring (bicyclic) bond motifs is 1. The second-order valence-electron chi connectivity index (χ2n) is 7.34. The Morgan fingerprint density at radius 3 is 2.64 bits per heavy atom. The fourth-order valence-corrected chi connectivity index (χ4v) is 3.99. The lowest BCUT2D eigenvalue weighted by molar-refractivity contribution is 0.412. The van der Waals surface area contributed by atoms with Crippen LogP contribution in [-0.2, 0) is 10.0 Å². The zero-order valence-electron chi connectivity index (χ0n) is 18.1. The van der Waals surface area contributed by atoms with E-state index in [0.717, 1.165) is 5.56 Å². The molecule has 0 atom stereocenters. The average Bonchev–Trinajstić information content (AvgIpc) is 3.25. The number of benzene rings is 1. The van der Waals surface area contributed by atoms with Crippen molar-refractivity contribution in [2.75, 3.05) is 32.6 Å². The van der Waals surface area contributed by atoms with Gasteiger partial charge in [0, 0.05) is 19.3 Å². The normalized spacial score (nSPS) is 12.1. The maximum atomic E-state index is 12.4. The summed E-state index contributed by atoms with van der Waals surface area (Å²) in [5.41, 5.74) is 4.21. The second kappa shape index (κ2) is 9.81. The lowest BCUT2D eigenvalue weighted by atomic mass is 10.2. The van der Waals surface area contributed by atoms with E-state index >= 15 is 0 Å². The summed E-state index contributed by atoms with van der Waals surface area (Å²) < 4.78 is 28.9. The number of nitrogens with one attached hydrogen (secondary N) is 2. The number of aromatic nitrogens is 5. The molecule has 33 heavy (non-hydrogen) atoms. The smallest absolute Gasteiger partial charge is 0.240 e. The molecule has 0 aliphatic heterocycles. The van der Waals surface area contributed by atoms with Crippen molar-refractivity contribution in [3.8, 4) is 5.82 Å². The Labute approximate surface area is 191 Å². The molecule has 0 fully saturated rings. The fourth-order valence-electron chi connectivity index (χ4n) is 2.97. The number of pyridine rings is 1. The highest BCUT2D eigenvalue weighted by Gasteiger charge is 2.13. The standard InChI is InChI=1S/C21H23N9O2S/c1-29(2)12-11-27-33(31,32)17-8-6-16(7-9-17)13-25-28-20-18-14-26-30(21(18)24-15-23-20)19-5-3-4-10-22-19/h3-10,13-15,27H,11-12H2,1-2H3,(H,23,24,28). The first-order valence-electron chi connectivity index (χ1n) is 10.1. The SMILES string of the molecule is CN(C)CCNS(=O)(=O)c1ccc(C=NNc2ncnc3c2cnn3-c2ccccn2)cc1. The predicted octanol–water partition coefficient (Wildman–Crippen LogP) is 1.50. The van der Waals surface area contributed by atoms with E-state index in [4.69, 9.17) is 0 Å². The van der Waals surface area contributed by atoms with Crippen LogP contribution < -0.4 is 10.1 Å². The largest absolute Gasteiger partial charge is 0.308 e. The highest BCUT2D eigenvalue weighted by molar-refractivity contribution is 7.89. The van der Waals surface area contributed by atoms with Crippen LogP contribution in [-0.4, -0.2) is 71.4 Å². The fraction of sp³-hybridized carbons (Fsp3) is 0.190. The minimum atomic E-state index is -3.55. The zero-order valence-corrected chi connectivity index (χ0v) is 18.9. The van der Waals surface area contributed by atoms with Crippen molar-refractivity contribution in [2.24, 2.45) is 5.10 Å². The minimum Gasteiger partial charge on any atom is -0.308 e. The molecule has 0 aliphatic rings. The van der Waals surface area contributed by atoms with Gasteiger partial charge in [-0.05, 0) is 43.9 Å². The number of hydrazone groups is 1. The molecule has 0 bridgehead atoms. The van der Waals surface area contributed by atoms with E-state index in [1.54, 1.807) is 47.6 Å². The molecular weight excluding hydrogens is 442 g/mol. The van der Waals surface area contributed by atoms with Crippen molar-refractivity contribution >= 4 is 33.1 Å². The first kappa shape index (κ1) is 22.5. The summed E-state index contributed by atoms with van der Waals surface area (Å²) in [4.78, 5) is 14.9. The third kappa shape index (κ3) is 5.37. The van der Waals surface area contributed by atoms with Gasteiger partial charge in [0.15, 0.2) is 17.3 Å². The third-order valence-corrected chi connectivity index (χ3v) is 6.13. The van der Waals surface area contributed by atoms with Gasteiger partial charge in [-0.15, -0.1) is 0 Å². The van der Waals surface area contributed by atoms with Gasteiger partial charge in [-0.25, -0.2) is 28.1 Å². The van der Waals surface area contributed by atoms with E-state index in [9.17, 15) is 8.42 Å². The van der Waals surface area contributed by atoms with Gasteiger partial charge in [0.2, 0.25) is 10.0 Å². The van der Waals surface area contributed by atoms with Gasteiger partial charge in [-0.2, -0.15) is 14.9 Å². The van der Waals surface area contributed by atoms with Gasteiger partial charge in [-0.1, -0.05) is 18.2 Å². The number of nitrogens with zero attached hydrogens (tertiary/aromatic N) is 7. The van der Waals surface area contributed by atoms with Crippen LogP contribution >= 0.6 is 0 Å². The Morgan fingerprint density at radius 2 is 1.91 bits per heavy atom. The van der Waals surface area contributed by atoms with Crippen LogP contribution in [0.25, 0.3) is 16.9 Å². The van der Waals surface area contributed by atoms with E-state index in [-0.39, 0.29) is 4.90 Å². The molecule has 170 valence electrons. The van der Waals surface area contributed by atoms with Gasteiger partial charge in [-0.3, -0.25) is 5.43 Å². The molecule has 0 amide bonds. The first-order chi connectivity index (χ1) is 15.9. The Hall–Kier alpha value is -3.74. The molecule has 0 spiro atoms. The summed E-state index contributed by atoms with van der Waals surface area (Å²) in [6.07, 6.45) is 6.33.